The van der Waals surface area contributed by atoms with E-state index in [-0.39, 0.29) is 5.91 Å². The Balaban J connectivity index is 4.54. The van der Waals surface area contributed by atoms with E-state index in [1.54, 1.807) is 11.0 Å². The van der Waals surface area contributed by atoms with E-state index in [1.807, 2.05) is 12.4 Å². The van der Waals surface area contributed by atoms with Crippen LogP contribution in [-0.2, 0) is 9.63 Å². The molecular formula is C19H32N2O2. The molecule has 0 saturated carbocycles. The van der Waals surface area contributed by atoms with Gasteiger partial charge >= 0.3 is 0 Å². The predicted octanol–water partition coefficient (Wildman–Crippen LogP) is 5.19. The van der Waals surface area contributed by atoms with Gasteiger partial charge in [-0.25, -0.2) is 0 Å². The Morgan fingerprint density at radius 3 is 2.04 bits per heavy atom. The molecule has 0 atom stereocenters. The van der Waals surface area contributed by atoms with Crippen LogP contribution in [-0.4, -0.2) is 24.1 Å². The SMILES string of the molecule is CCCCC/C=C/N(/C=C/CCCCC)C(=O)/C=C\C=N\OC. The molecule has 4 heteroatoms. The lowest BCUT2D eigenvalue weighted by atomic mass is 10.2. The molecule has 0 unspecified atom stereocenters. The number of amides is 1. The average molecular weight is 320 g/mol. The minimum atomic E-state index is -0.0916. The quantitative estimate of drug-likeness (QED) is 0.203. The van der Waals surface area contributed by atoms with Gasteiger partial charge < -0.3 is 4.84 Å². The Hall–Kier alpha value is -1.84. The van der Waals surface area contributed by atoms with Gasteiger partial charge in [0.2, 0.25) is 0 Å². The second-order valence-electron chi connectivity index (χ2n) is 5.30. The van der Waals surface area contributed by atoms with Crippen LogP contribution in [0.5, 0.6) is 0 Å². The number of unbranched alkanes of at least 4 members (excludes halogenated alkanes) is 6. The van der Waals surface area contributed by atoms with Gasteiger partial charge in [0.1, 0.15) is 7.11 Å². The van der Waals surface area contributed by atoms with Crippen LogP contribution in [0.25, 0.3) is 0 Å². The lowest BCUT2D eigenvalue weighted by Gasteiger charge is -2.10. The van der Waals surface area contributed by atoms with Crippen molar-refractivity contribution in [1.82, 2.24) is 4.90 Å². The summed E-state index contributed by atoms with van der Waals surface area (Å²) < 4.78 is 0. The lowest BCUT2D eigenvalue weighted by molar-refractivity contribution is -0.121. The standard InChI is InChI=1S/C19H32N2O2/c1-4-6-8-10-12-17-21(18-13-11-9-7-5-2)19(22)15-14-16-20-23-3/h12-18H,4-11H2,1-3H3/b15-14-,17-12+,18-13+,20-16+. The maximum absolute atomic E-state index is 12.2. The summed E-state index contributed by atoms with van der Waals surface area (Å²) in [6, 6.07) is 0. The molecule has 0 spiro atoms. The van der Waals surface area contributed by atoms with Crippen LogP contribution in [0.3, 0.4) is 0 Å². The number of carbonyl (C=O) groups is 1. The van der Waals surface area contributed by atoms with E-state index < -0.39 is 0 Å². The maximum Gasteiger partial charge on any atom is 0.254 e. The summed E-state index contributed by atoms with van der Waals surface area (Å²) in [6.45, 7) is 4.37. The van der Waals surface area contributed by atoms with Crippen LogP contribution in [0.1, 0.15) is 65.2 Å². The highest BCUT2D eigenvalue weighted by molar-refractivity contribution is 5.92. The molecule has 4 nitrogen and oxygen atoms in total. The molecule has 130 valence electrons. The van der Waals surface area contributed by atoms with Crippen molar-refractivity contribution in [2.45, 2.75) is 65.2 Å². The molecule has 23 heavy (non-hydrogen) atoms. The molecule has 0 aliphatic heterocycles. The zero-order chi connectivity index (χ0) is 17.2. The Morgan fingerprint density at radius 1 is 1.00 bits per heavy atom. The monoisotopic (exact) mass is 320 g/mol. The van der Waals surface area contributed by atoms with E-state index in [0.717, 1.165) is 25.7 Å². The van der Waals surface area contributed by atoms with Crippen LogP contribution in [0.4, 0.5) is 0 Å². The van der Waals surface area contributed by atoms with Gasteiger partial charge in [-0.3, -0.25) is 9.69 Å². The van der Waals surface area contributed by atoms with Gasteiger partial charge in [-0.15, -0.1) is 0 Å². The normalized spacial score (nSPS) is 12.1. The Morgan fingerprint density at radius 2 is 1.57 bits per heavy atom. The molecule has 0 aromatic carbocycles. The number of hydrogen-bond acceptors (Lipinski definition) is 3. The minimum absolute atomic E-state index is 0.0916. The summed E-state index contributed by atoms with van der Waals surface area (Å²) in [6.07, 6.45) is 21.5. The van der Waals surface area contributed by atoms with Crippen molar-refractivity contribution in [3.05, 3.63) is 36.7 Å². The first-order valence-corrected chi connectivity index (χ1v) is 8.65. The molecular weight excluding hydrogens is 288 g/mol. The number of allylic oxidation sites excluding steroid dienone is 3. The second kappa shape index (κ2) is 16.5. The Kier molecular flexibility index (Phi) is 15.2. The zero-order valence-corrected chi connectivity index (χ0v) is 14.9. The topological polar surface area (TPSA) is 41.9 Å². The molecule has 0 rings (SSSR count). The van der Waals surface area contributed by atoms with Crippen LogP contribution in [0.15, 0.2) is 41.9 Å². The summed E-state index contributed by atoms with van der Waals surface area (Å²) in [7, 11) is 1.47. The first kappa shape index (κ1) is 21.2. The third kappa shape index (κ3) is 13.5. The summed E-state index contributed by atoms with van der Waals surface area (Å²) in [5.74, 6) is -0.0916. The fourth-order valence-corrected chi connectivity index (χ4v) is 1.90. The fourth-order valence-electron chi connectivity index (χ4n) is 1.90. The molecule has 0 N–H and O–H groups in total. The van der Waals surface area contributed by atoms with E-state index in [2.05, 4.69) is 36.0 Å². The van der Waals surface area contributed by atoms with Crippen molar-refractivity contribution in [3.8, 4) is 0 Å². The van der Waals surface area contributed by atoms with E-state index in [4.69, 9.17) is 0 Å². The molecule has 0 aliphatic rings. The van der Waals surface area contributed by atoms with Crippen LogP contribution >= 0.6 is 0 Å². The Bertz CT molecular complexity index is 378. The second-order valence-corrected chi connectivity index (χ2v) is 5.30. The van der Waals surface area contributed by atoms with Gasteiger partial charge in [-0.2, -0.15) is 0 Å². The third-order valence-corrected chi connectivity index (χ3v) is 3.23. The Labute approximate surface area is 141 Å². The van der Waals surface area contributed by atoms with E-state index in [0.29, 0.717) is 0 Å². The van der Waals surface area contributed by atoms with E-state index in [9.17, 15) is 4.79 Å². The van der Waals surface area contributed by atoms with Crippen molar-refractivity contribution < 1.29 is 9.63 Å². The third-order valence-electron chi connectivity index (χ3n) is 3.23. The van der Waals surface area contributed by atoms with Crippen LogP contribution in [0.2, 0.25) is 0 Å². The molecule has 0 radical (unpaired) electrons. The molecule has 0 heterocycles. The van der Waals surface area contributed by atoms with Gasteiger partial charge in [-0.05, 0) is 31.8 Å². The number of rotatable bonds is 13. The van der Waals surface area contributed by atoms with Gasteiger partial charge in [0.15, 0.2) is 0 Å². The van der Waals surface area contributed by atoms with Crippen molar-refractivity contribution in [3.63, 3.8) is 0 Å². The highest BCUT2D eigenvalue weighted by Crippen LogP contribution is 2.04. The highest BCUT2D eigenvalue weighted by Gasteiger charge is 2.02. The number of carbonyl (C=O) groups excluding carboxylic acids is 1. The van der Waals surface area contributed by atoms with Crippen molar-refractivity contribution in [2.24, 2.45) is 5.16 Å². The van der Waals surface area contributed by atoms with Crippen LogP contribution in [0, 0.1) is 0 Å². The average Bonchev–Trinajstić information content (AvgIpc) is 2.56. The van der Waals surface area contributed by atoms with Crippen molar-refractivity contribution in [2.75, 3.05) is 7.11 Å². The van der Waals surface area contributed by atoms with Crippen molar-refractivity contribution >= 4 is 12.1 Å². The van der Waals surface area contributed by atoms with Gasteiger partial charge in [-0.1, -0.05) is 56.8 Å². The highest BCUT2D eigenvalue weighted by atomic mass is 16.6. The lowest BCUT2D eigenvalue weighted by Crippen LogP contribution is -2.17. The number of nitrogens with zero attached hydrogens (tertiary/aromatic N) is 2. The molecule has 0 saturated heterocycles. The van der Waals surface area contributed by atoms with E-state index in [1.165, 1.54) is 45.1 Å². The summed E-state index contributed by atoms with van der Waals surface area (Å²) in [5.41, 5.74) is 0. The predicted molar refractivity (Wildman–Crippen MR) is 98.1 cm³/mol. The molecule has 0 aromatic heterocycles. The molecule has 0 bridgehead atoms. The smallest absolute Gasteiger partial charge is 0.254 e. The van der Waals surface area contributed by atoms with Crippen molar-refractivity contribution in [1.29, 1.82) is 0 Å². The first-order chi connectivity index (χ1) is 11.3. The fraction of sp³-hybridized carbons (Fsp3) is 0.579. The molecule has 0 aliphatic carbocycles. The first-order valence-electron chi connectivity index (χ1n) is 8.65. The van der Waals surface area contributed by atoms with Gasteiger partial charge in [0.05, 0.1) is 6.21 Å². The molecule has 0 aromatic rings. The summed E-state index contributed by atoms with van der Waals surface area (Å²) >= 11 is 0. The van der Waals surface area contributed by atoms with Gasteiger partial charge in [0, 0.05) is 18.5 Å². The van der Waals surface area contributed by atoms with Crippen LogP contribution < -0.4 is 0 Å². The number of hydrogen-bond donors (Lipinski definition) is 0. The largest absolute Gasteiger partial charge is 0.399 e. The maximum atomic E-state index is 12.2. The molecule has 1 amide bonds. The van der Waals surface area contributed by atoms with Gasteiger partial charge in [0.25, 0.3) is 5.91 Å². The summed E-state index contributed by atoms with van der Waals surface area (Å²) in [5, 5.41) is 3.58. The summed E-state index contributed by atoms with van der Waals surface area (Å²) in [4.78, 5) is 18.4. The number of oxime groups is 1. The zero-order valence-electron chi connectivity index (χ0n) is 14.9. The van der Waals surface area contributed by atoms with E-state index >= 15 is 0 Å². The molecule has 0 fully saturated rings. The minimum Gasteiger partial charge on any atom is -0.399 e.